The molecule has 1 aromatic heterocycles. The lowest BCUT2D eigenvalue weighted by Crippen LogP contribution is -1.90. The average Bonchev–Trinajstić information content (AvgIpc) is 2.82. The van der Waals surface area contributed by atoms with Crippen molar-refractivity contribution in [3.8, 4) is 17.6 Å². The Labute approximate surface area is 94.5 Å². The number of rotatable bonds is 2. The molecule has 0 unspecified atom stereocenters. The van der Waals surface area contributed by atoms with E-state index in [1.165, 1.54) is 0 Å². The summed E-state index contributed by atoms with van der Waals surface area (Å²) in [5.41, 5.74) is 1.85. The maximum Gasteiger partial charge on any atom is 0.119 e. The van der Waals surface area contributed by atoms with Gasteiger partial charge in [-0.25, -0.2) is 0 Å². The molecule has 0 saturated heterocycles. The van der Waals surface area contributed by atoms with Crippen molar-refractivity contribution in [2.45, 2.75) is 6.92 Å². The molecular formula is C13H12N2O. The quantitative estimate of drug-likeness (QED) is 0.775. The number of aromatic nitrogens is 2. The van der Waals surface area contributed by atoms with Gasteiger partial charge in [0.25, 0.3) is 0 Å². The van der Waals surface area contributed by atoms with Gasteiger partial charge in [-0.15, -0.1) is 0 Å². The highest BCUT2D eigenvalue weighted by molar-refractivity contribution is 5.42. The fourth-order valence-electron chi connectivity index (χ4n) is 1.26. The Bertz CT molecular complexity index is 489. The SMILES string of the molecule is CCOc1ccc(C#Cc2cn[nH]c2)cc1. The first-order chi connectivity index (χ1) is 7.88. The van der Waals surface area contributed by atoms with Crippen molar-refractivity contribution < 1.29 is 4.74 Å². The molecular weight excluding hydrogens is 200 g/mol. The fraction of sp³-hybridized carbons (Fsp3) is 0.154. The zero-order chi connectivity index (χ0) is 11.2. The Kier molecular flexibility index (Phi) is 3.25. The molecule has 0 radical (unpaired) electrons. The monoisotopic (exact) mass is 212 g/mol. The summed E-state index contributed by atoms with van der Waals surface area (Å²) >= 11 is 0. The van der Waals surface area contributed by atoms with E-state index in [-0.39, 0.29) is 0 Å². The van der Waals surface area contributed by atoms with Crippen molar-refractivity contribution in [1.82, 2.24) is 10.2 Å². The number of nitrogens with one attached hydrogen (secondary N) is 1. The number of ether oxygens (including phenoxy) is 1. The third-order valence-electron chi connectivity index (χ3n) is 2.01. The van der Waals surface area contributed by atoms with E-state index in [0.717, 1.165) is 16.9 Å². The minimum Gasteiger partial charge on any atom is -0.494 e. The van der Waals surface area contributed by atoms with E-state index in [9.17, 15) is 0 Å². The smallest absolute Gasteiger partial charge is 0.119 e. The molecule has 3 nitrogen and oxygen atoms in total. The predicted octanol–water partition coefficient (Wildman–Crippen LogP) is 2.21. The maximum atomic E-state index is 5.35. The summed E-state index contributed by atoms with van der Waals surface area (Å²) in [6.45, 7) is 2.65. The topological polar surface area (TPSA) is 37.9 Å². The first-order valence-corrected chi connectivity index (χ1v) is 5.12. The van der Waals surface area contributed by atoms with Crippen LogP contribution < -0.4 is 4.74 Å². The molecule has 2 aromatic rings. The molecule has 16 heavy (non-hydrogen) atoms. The van der Waals surface area contributed by atoms with Crippen LogP contribution in [0.4, 0.5) is 0 Å². The second-order valence-electron chi connectivity index (χ2n) is 3.19. The van der Waals surface area contributed by atoms with Crippen molar-refractivity contribution in [1.29, 1.82) is 0 Å². The van der Waals surface area contributed by atoms with Gasteiger partial charge in [0.1, 0.15) is 5.75 Å². The molecule has 1 N–H and O–H groups in total. The van der Waals surface area contributed by atoms with E-state index in [4.69, 9.17) is 4.74 Å². The molecule has 0 aliphatic rings. The van der Waals surface area contributed by atoms with Crippen LogP contribution in [0.1, 0.15) is 18.1 Å². The highest BCUT2D eigenvalue weighted by Gasteiger charge is 1.91. The number of H-pyrrole nitrogens is 1. The zero-order valence-corrected chi connectivity index (χ0v) is 9.03. The molecule has 1 aromatic carbocycles. The first-order valence-electron chi connectivity index (χ1n) is 5.12. The molecule has 0 fully saturated rings. The molecule has 3 heteroatoms. The molecule has 1 heterocycles. The van der Waals surface area contributed by atoms with E-state index in [1.807, 2.05) is 31.2 Å². The van der Waals surface area contributed by atoms with Gasteiger partial charge in [0.05, 0.1) is 18.4 Å². The molecule has 80 valence electrons. The van der Waals surface area contributed by atoms with Crippen LogP contribution in [0.5, 0.6) is 5.75 Å². The first kappa shape index (κ1) is 10.3. The standard InChI is InChI=1S/C13H12N2O/c1-2-16-13-7-5-11(6-8-13)3-4-12-9-14-15-10-12/h5-10H,2H2,1H3,(H,14,15). The Morgan fingerprint density at radius 2 is 1.94 bits per heavy atom. The van der Waals surface area contributed by atoms with Gasteiger partial charge in [0.2, 0.25) is 0 Å². The fourth-order valence-corrected chi connectivity index (χ4v) is 1.26. The van der Waals surface area contributed by atoms with Crippen molar-refractivity contribution in [3.63, 3.8) is 0 Å². The Morgan fingerprint density at radius 3 is 2.56 bits per heavy atom. The van der Waals surface area contributed by atoms with Gasteiger partial charge < -0.3 is 4.74 Å². The van der Waals surface area contributed by atoms with Crippen molar-refractivity contribution in [2.24, 2.45) is 0 Å². The van der Waals surface area contributed by atoms with Gasteiger partial charge in [-0.3, -0.25) is 5.10 Å². The molecule has 0 aliphatic heterocycles. The van der Waals surface area contributed by atoms with Crippen LogP contribution in [0.3, 0.4) is 0 Å². The normalized spacial score (nSPS) is 9.31. The summed E-state index contributed by atoms with van der Waals surface area (Å²) in [5, 5.41) is 6.54. The molecule has 0 amide bonds. The van der Waals surface area contributed by atoms with Gasteiger partial charge in [0, 0.05) is 11.8 Å². The average molecular weight is 212 g/mol. The third-order valence-corrected chi connectivity index (χ3v) is 2.01. The van der Waals surface area contributed by atoms with Crippen LogP contribution in [0.2, 0.25) is 0 Å². The summed E-state index contributed by atoms with van der Waals surface area (Å²) in [4.78, 5) is 0. The van der Waals surface area contributed by atoms with Crippen LogP contribution >= 0.6 is 0 Å². The van der Waals surface area contributed by atoms with Crippen molar-refractivity contribution >= 4 is 0 Å². The molecule has 0 spiro atoms. The summed E-state index contributed by atoms with van der Waals surface area (Å²) in [6.07, 6.45) is 3.46. The molecule has 0 saturated carbocycles. The zero-order valence-electron chi connectivity index (χ0n) is 9.03. The van der Waals surface area contributed by atoms with Gasteiger partial charge >= 0.3 is 0 Å². The highest BCUT2D eigenvalue weighted by Crippen LogP contribution is 2.11. The van der Waals surface area contributed by atoms with Crippen LogP contribution in [-0.2, 0) is 0 Å². The van der Waals surface area contributed by atoms with Crippen molar-refractivity contribution in [3.05, 3.63) is 47.8 Å². The minimum atomic E-state index is 0.681. The molecule has 0 bridgehead atoms. The van der Waals surface area contributed by atoms with Crippen LogP contribution in [0, 0.1) is 11.8 Å². The summed E-state index contributed by atoms with van der Waals surface area (Å²) in [5.74, 6) is 6.93. The number of nitrogens with zero attached hydrogens (tertiary/aromatic N) is 1. The van der Waals surface area contributed by atoms with E-state index >= 15 is 0 Å². The lowest BCUT2D eigenvalue weighted by Gasteiger charge is -2.01. The van der Waals surface area contributed by atoms with E-state index in [0.29, 0.717) is 6.61 Å². The van der Waals surface area contributed by atoms with Crippen molar-refractivity contribution in [2.75, 3.05) is 6.61 Å². The minimum absolute atomic E-state index is 0.681. The van der Waals surface area contributed by atoms with Gasteiger partial charge in [-0.2, -0.15) is 5.10 Å². The van der Waals surface area contributed by atoms with E-state index in [1.54, 1.807) is 12.4 Å². The predicted molar refractivity (Wildman–Crippen MR) is 62.2 cm³/mol. The second kappa shape index (κ2) is 5.04. The van der Waals surface area contributed by atoms with Crippen LogP contribution in [-0.4, -0.2) is 16.8 Å². The summed E-state index contributed by atoms with van der Waals surface area (Å²) in [7, 11) is 0. The van der Waals surface area contributed by atoms with E-state index in [2.05, 4.69) is 22.0 Å². The number of hydrogen-bond donors (Lipinski definition) is 1. The number of aromatic amines is 1. The van der Waals surface area contributed by atoms with Crippen LogP contribution in [0.25, 0.3) is 0 Å². The molecule has 0 atom stereocenters. The maximum absolute atomic E-state index is 5.35. The number of hydrogen-bond acceptors (Lipinski definition) is 2. The van der Waals surface area contributed by atoms with Gasteiger partial charge in [0.15, 0.2) is 0 Å². The Morgan fingerprint density at radius 1 is 1.19 bits per heavy atom. The Hall–Kier alpha value is -2.21. The number of benzene rings is 1. The largest absolute Gasteiger partial charge is 0.494 e. The Balaban J connectivity index is 2.10. The third kappa shape index (κ3) is 2.64. The second-order valence-corrected chi connectivity index (χ2v) is 3.19. The molecule has 2 rings (SSSR count). The molecule has 0 aliphatic carbocycles. The summed E-state index contributed by atoms with van der Waals surface area (Å²) in [6, 6.07) is 7.72. The van der Waals surface area contributed by atoms with Gasteiger partial charge in [-0.05, 0) is 31.2 Å². The van der Waals surface area contributed by atoms with Crippen LogP contribution in [0.15, 0.2) is 36.7 Å². The summed E-state index contributed by atoms with van der Waals surface area (Å²) < 4.78 is 5.35. The van der Waals surface area contributed by atoms with Gasteiger partial charge in [-0.1, -0.05) is 11.8 Å². The van der Waals surface area contributed by atoms with E-state index < -0.39 is 0 Å². The lowest BCUT2D eigenvalue weighted by molar-refractivity contribution is 0.340. The highest BCUT2D eigenvalue weighted by atomic mass is 16.5. The lowest BCUT2D eigenvalue weighted by atomic mass is 10.2.